The van der Waals surface area contributed by atoms with E-state index in [-0.39, 0.29) is 31.4 Å². The number of carbonyl (C=O) groups is 3. The van der Waals surface area contributed by atoms with Crippen LogP contribution in [0.3, 0.4) is 0 Å². The number of hydrogen-bond donors (Lipinski definition) is 2. The van der Waals surface area contributed by atoms with Crippen molar-refractivity contribution in [3.05, 3.63) is 59.7 Å². The number of nitrogens with zero attached hydrogens (tertiary/aromatic N) is 1. The Balaban J connectivity index is 1.49. The van der Waals surface area contributed by atoms with Gasteiger partial charge >= 0.3 is 12.1 Å². The summed E-state index contributed by atoms with van der Waals surface area (Å²) in [6.07, 6.45) is -0.508. The highest BCUT2D eigenvalue weighted by Gasteiger charge is 2.41. The Kier molecular flexibility index (Phi) is 4.96. The standard InChI is InChI=1S/C22H22N2O5/c1-13(25)23-14-10-20(21(26)27)24(11-14)22(28)29-12-19-17-8-4-2-6-15(17)16-7-3-5-9-18(16)19/h2-9,14,19-20H,10-12H2,1H3,(H,23,25)(H,26,27)/t14-,20+/m1/s1. The molecule has 7 heteroatoms. The summed E-state index contributed by atoms with van der Waals surface area (Å²) in [4.78, 5) is 36.8. The molecule has 150 valence electrons. The Morgan fingerprint density at radius 1 is 1.07 bits per heavy atom. The third-order valence-electron chi connectivity index (χ3n) is 5.56. The van der Waals surface area contributed by atoms with E-state index in [1.54, 1.807) is 0 Å². The smallest absolute Gasteiger partial charge is 0.410 e. The van der Waals surface area contributed by atoms with E-state index in [2.05, 4.69) is 17.4 Å². The molecule has 2 atom stereocenters. The van der Waals surface area contributed by atoms with Crippen LogP contribution in [-0.2, 0) is 14.3 Å². The average Bonchev–Trinajstić information content (AvgIpc) is 3.25. The molecule has 0 saturated carbocycles. The molecule has 4 rings (SSSR count). The van der Waals surface area contributed by atoms with Crippen LogP contribution < -0.4 is 5.32 Å². The second-order valence-electron chi connectivity index (χ2n) is 7.44. The number of carbonyl (C=O) groups excluding carboxylic acids is 2. The molecule has 29 heavy (non-hydrogen) atoms. The third-order valence-corrected chi connectivity index (χ3v) is 5.56. The number of nitrogens with one attached hydrogen (secondary N) is 1. The third kappa shape index (κ3) is 3.55. The maximum Gasteiger partial charge on any atom is 0.410 e. The van der Waals surface area contributed by atoms with Crippen LogP contribution in [0.15, 0.2) is 48.5 Å². The number of likely N-dealkylation sites (tertiary alicyclic amines) is 1. The Hall–Kier alpha value is -3.35. The highest BCUT2D eigenvalue weighted by molar-refractivity contribution is 5.82. The fourth-order valence-electron chi connectivity index (χ4n) is 4.34. The van der Waals surface area contributed by atoms with Gasteiger partial charge in [-0.25, -0.2) is 9.59 Å². The van der Waals surface area contributed by atoms with E-state index in [1.807, 2.05) is 36.4 Å². The Morgan fingerprint density at radius 2 is 1.66 bits per heavy atom. The number of rotatable bonds is 4. The van der Waals surface area contributed by atoms with Crippen LogP contribution >= 0.6 is 0 Å². The summed E-state index contributed by atoms with van der Waals surface area (Å²) in [7, 11) is 0. The first-order valence-electron chi connectivity index (χ1n) is 9.57. The molecule has 2 amide bonds. The van der Waals surface area contributed by atoms with Crippen LogP contribution in [0, 0.1) is 0 Å². The molecule has 1 saturated heterocycles. The lowest BCUT2D eigenvalue weighted by molar-refractivity contribution is -0.141. The molecule has 0 radical (unpaired) electrons. The monoisotopic (exact) mass is 394 g/mol. The Morgan fingerprint density at radius 3 is 2.21 bits per heavy atom. The van der Waals surface area contributed by atoms with Crippen LogP contribution in [0.5, 0.6) is 0 Å². The zero-order valence-corrected chi connectivity index (χ0v) is 16.0. The van der Waals surface area contributed by atoms with Gasteiger partial charge in [-0.2, -0.15) is 0 Å². The van der Waals surface area contributed by atoms with E-state index in [1.165, 1.54) is 11.8 Å². The number of fused-ring (bicyclic) bond motifs is 3. The van der Waals surface area contributed by atoms with Crippen LogP contribution in [0.2, 0.25) is 0 Å². The summed E-state index contributed by atoms with van der Waals surface area (Å²) in [6, 6.07) is 14.6. The maximum absolute atomic E-state index is 12.7. The number of benzene rings is 2. The van der Waals surface area contributed by atoms with Gasteiger partial charge in [0.05, 0.1) is 0 Å². The maximum atomic E-state index is 12.7. The highest BCUT2D eigenvalue weighted by atomic mass is 16.6. The molecule has 0 bridgehead atoms. The van der Waals surface area contributed by atoms with Crippen molar-refractivity contribution in [1.29, 1.82) is 0 Å². The SMILES string of the molecule is CC(=O)N[C@@H]1C[C@@H](C(=O)O)N(C(=O)OCC2c3ccccc3-c3ccccc32)C1. The van der Waals surface area contributed by atoms with Crippen molar-refractivity contribution < 1.29 is 24.2 Å². The first-order valence-corrected chi connectivity index (χ1v) is 9.57. The van der Waals surface area contributed by atoms with Gasteiger partial charge in [-0.1, -0.05) is 48.5 Å². The van der Waals surface area contributed by atoms with Gasteiger partial charge in [0.2, 0.25) is 5.91 Å². The van der Waals surface area contributed by atoms with Crippen molar-refractivity contribution in [2.75, 3.05) is 13.2 Å². The summed E-state index contributed by atoms with van der Waals surface area (Å²) in [5.41, 5.74) is 4.43. The molecule has 2 N–H and O–H groups in total. The number of carboxylic acids is 1. The van der Waals surface area contributed by atoms with Gasteiger partial charge in [-0.15, -0.1) is 0 Å². The van der Waals surface area contributed by atoms with Crippen LogP contribution in [-0.4, -0.2) is 53.2 Å². The summed E-state index contributed by atoms with van der Waals surface area (Å²) in [6.45, 7) is 1.61. The number of ether oxygens (including phenoxy) is 1. The van der Waals surface area contributed by atoms with Crippen molar-refractivity contribution in [2.45, 2.75) is 31.3 Å². The molecule has 1 aliphatic heterocycles. The van der Waals surface area contributed by atoms with Crippen molar-refractivity contribution in [1.82, 2.24) is 10.2 Å². The average molecular weight is 394 g/mol. The van der Waals surface area contributed by atoms with E-state index < -0.39 is 24.1 Å². The molecule has 1 aliphatic carbocycles. The molecule has 2 aliphatic rings. The number of carboxylic acid groups (broad SMARTS) is 1. The van der Waals surface area contributed by atoms with E-state index >= 15 is 0 Å². The van der Waals surface area contributed by atoms with Gasteiger partial charge in [0.15, 0.2) is 0 Å². The number of aliphatic carboxylic acids is 1. The Labute approximate surface area is 168 Å². The summed E-state index contributed by atoms with van der Waals surface area (Å²) in [5, 5.41) is 12.1. The minimum absolute atomic E-state index is 0.0941. The number of hydrogen-bond acceptors (Lipinski definition) is 4. The molecular formula is C22H22N2O5. The van der Waals surface area contributed by atoms with Gasteiger partial charge < -0.3 is 15.2 Å². The summed E-state index contributed by atoms with van der Waals surface area (Å²) in [5.74, 6) is -1.46. The highest BCUT2D eigenvalue weighted by Crippen LogP contribution is 2.44. The Bertz CT molecular complexity index is 928. The van der Waals surface area contributed by atoms with E-state index in [9.17, 15) is 19.5 Å². The van der Waals surface area contributed by atoms with Crippen LogP contribution in [0.4, 0.5) is 4.79 Å². The zero-order chi connectivity index (χ0) is 20.5. The summed E-state index contributed by atoms with van der Waals surface area (Å²) < 4.78 is 5.57. The minimum atomic E-state index is -1.11. The second kappa shape index (κ2) is 7.58. The molecule has 1 fully saturated rings. The van der Waals surface area contributed by atoms with Gasteiger partial charge in [-0.3, -0.25) is 9.69 Å². The fourth-order valence-corrected chi connectivity index (χ4v) is 4.34. The quantitative estimate of drug-likeness (QED) is 0.831. The van der Waals surface area contributed by atoms with Gasteiger partial charge in [0.1, 0.15) is 12.6 Å². The van der Waals surface area contributed by atoms with E-state index in [4.69, 9.17) is 4.74 Å². The first kappa shape index (κ1) is 19.0. The normalized spacial score (nSPS) is 20.1. The summed E-state index contributed by atoms with van der Waals surface area (Å²) >= 11 is 0. The van der Waals surface area contributed by atoms with Crippen LogP contribution in [0.25, 0.3) is 11.1 Å². The molecule has 2 aromatic carbocycles. The lowest BCUT2D eigenvalue weighted by atomic mass is 9.98. The molecule has 0 unspecified atom stereocenters. The molecule has 0 spiro atoms. The van der Waals surface area contributed by atoms with E-state index in [0.29, 0.717) is 0 Å². The lowest BCUT2D eigenvalue weighted by Gasteiger charge is -2.22. The van der Waals surface area contributed by atoms with E-state index in [0.717, 1.165) is 22.3 Å². The van der Waals surface area contributed by atoms with Gasteiger partial charge in [0.25, 0.3) is 0 Å². The topological polar surface area (TPSA) is 95.9 Å². The second-order valence-corrected chi connectivity index (χ2v) is 7.44. The zero-order valence-electron chi connectivity index (χ0n) is 16.0. The predicted octanol–water partition coefficient (Wildman–Crippen LogP) is 2.60. The van der Waals surface area contributed by atoms with Gasteiger partial charge in [0, 0.05) is 31.8 Å². The fraction of sp³-hybridized carbons (Fsp3) is 0.318. The van der Waals surface area contributed by atoms with Gasteiger partial charge in [-0.05, 0) is 22.3 Å². The van der Waals surface area contributed by atoms with Crippen molar-refractivity contribution >= 4 is 18.0 Å². The predicted molar refractivity (Wildman–Crippen MR) is 105 cm³/mol. The largest absolute Gasteiger partial charge is 0.480 e. The lowest BCUT2D eigenvalue weighted by Crippen LogP contribution is -2.42. The molecule has 0 aromatic heterocycles. The first-order chi connectivity index (χ1) is 14.0. The molecule has 7 nitrogen and oxygen atoms in total. The molecular weight excluding hydrogens is 372 g/mol. The van der Waals surface area contributed by atoms with Crippen molar-refractivity contribution in [3.63, 3.8) is 0 Å². The van der Waals surface area contributed by atoms with Crippen LogP contribution in [0.1, 0.15) is 30.4 Å². The van der Waals surface area contributed by atoms with Crippen molar-refractivity contribution in [2.24, 2.45) is 0 Å². The number of amides is 2. The molecule has 1 heterocycles. The minimum Gasteiger partial charge on any atom is -0.480 e. The molecule has 2 aromatic rings. The van der Waals surface area contributed by atoms with Crippen molar-refractivity contribution in [3.8, 4) is 11.1 Å².